The average Bonchev–Trinajstić information content (AvgIpc) is 2.55. The third-order valence-corrected chi connectivity index (χ3v) is 3.88. The molecule has 1 aromatic carbocycles. The summed E-state index contributed by atoms with van der Waals surface area (Å²) in [5, 5.41) is 0. The molecule has 0 aliphatic rings. The molecule has 5 heteroatoms. The Morgan fingerprint density at radius 2 is 1.82 bits per heavy atom. The summed E-state index contributed by atoms with van der Waals surface area (Å²) < 4.78 is 1.72. The molecule has 0 aliphatic carbocycles. The Hall–Kier alpha value is -2.56. The molecule has 112 valence electrons. The lowest BCUT2D eigenvalue weighted by Crippen LogP contribution is -2.27. The molecule has 0 N–H and O–H groups in total. The largest absolute Gasteiger partial charge is 0.288 e. The summed E-state index contributed by atoms with van der Waals surface area (Å²) in [6, 6.07) is 8.05. The Morgan fingerprint density at radius 1 is 1.14 bits per heavy atom. The van der Waals surface area contributed by atoms with Crippen LogP contribution in [0.3, 0.4) is 0 Å². The molecule has 5 nitrogen and oxygen atoms in total. The van der Waals surface area contributed by atoms with E-state index in [1.807, 2.05) is 38.1 Å². The molecule has 0 amide bonds. The van der Waals surface area contributed by atoms with Gasteiger partial charge in [0.1, 0.15) is 5.82 Å². The van der Waals surface area contributed by atoms with Crippen LogP contribution in [0.4, 0.5) is 0 Å². The van der Waals surface area contributed by atoms with Gasteiger partial charge in [0, 0.05) is 24.0 Å². The van der Waals surface area contributed by atoms with Crippen LogP contribution in [-0.4, -0.2) is 19.5 Å². The van der Waals surface area contributed by atoms with Gasteiger partial charge < -0.3 is 0 Å². The molecule has 3 rings (SSSR count). The van der Waals surface area contributed by atoms with Crippen molar-refractivity contribution < 1.29 is 0 Å². The molecule has 0 aliphatic heterocycles. The molecule has 0 saturated heterocycles. The van der Waals surface area contributed by atoms with Gasteiger partial charge in [-0.15, -0.1) is 0 Å². The molecule has 2 aromatic heterocycles. The van der Waals surface area contributed by atoms with Gasteiger partial charge in [0.15, 0.2) is 11.2 Å². The van der Waals surface area contributed by atoms with Crippen LogP contribution in [0, 0.1) is 6.92 Å². The van der Waals surface area contributed by atoms with Crippen LogP contribution >= 0.6 is 0 Å². The van der Waals surface area contributed by atoms with Gasteiger partial charge in [0.05, 0.1) is 0 Å². The summed E-state index contributed by atoms with van der Waals surface area (Å²) in [5.74, 6) is 0.646. The zero-order valence-electron chi connectivity index (χ0n) is 12.9. The van der Waals surface area contributed by atoms with Crippen molar-refractivity contribution in [1.82, 2.24) is 19.5 Å². The van der Waals surface area contributed by atoms with Crippen LogP contribution in [0.1, 0.15) is 31.9 Å². The first-order valence-electron chi connectivity index (χ1n) is 7.42. The normalized spacial score (nSPS) is 12.5. The molecule has 0 fully saturated rings. The SMILES string of the molecule is CCC(C)n1c(-c2ccc(C)cc2)nc2nccnc2c1=O. The first kappa shape index (κ1) is 14.4. The van der Waals surface area contributed by atoms with Crippen molar-refractivity contribution in [2.24, 2.45) is 0 Å². The van der Waals surface area contributed by atoms with E-state index in [1.165, 1.54) is 11.8 Å². The minimum atomic E-state index is -0.136. The lowest BCUT2D eigenvalue weighted by molar-refractivity contribution is 0.516. The number of rotatable bonds is 3. The first-order valence-corrected chi connectivity index (χ1v) is 7.42. The second-order valence-corrected chi connectivity index (χ2v) is 5.46. The highest BCUT2D eigenvalue weighted by Crippen LogP contribution is 2.22. The first-order chi connectivity index (χ1) is 10.6. The summed E-state index contributed by atoms with van der Waals surface area (Å²) in [5.41, 5.74) is 2.65. The van der Waals surface area contributed by atoms with Crippen LogP contribution in [0.5, 0.6) is 0 Å². The molecule has 22 heavy (non-hydrogen) atoms. The average molecular weight is 294 g/mol. The van der Waals surface area contributed by atoms with Gasteiger partial charge in [0.2, 0.25) is 0 Å². The predicted molar refractivity (Wildman–Crippen MR) is 86.8 cm³/mol. The Balaban J connectivity index is 2.36. The highest BCUT2D eigenvalue weighted by atomic mass is 16.1. The van der Waals surface area contributed by atoms with Crippen LogP contribution in [-0.2, 0) is 0 Å². The fourth-order valence-corrected chi connectivity index (χ4v) is 2.43. The van der Waals surface area contributed by atoms with Crippen molar-refractivity contribution in [1.29, 1.82) is 0 Å². The summed E-state index contributed by atoms with van der Waals surface area (Å²) in [7, 11) is 0. The minimum absolute atomic E-state index is 0.0442. The molecular weight excluding hydrogens is 276 g/mol. The Bertz CT molecular complexity index is 868. The zero-order chi connectivity index (χ0) is 15.7. The minimum Gasteiger partial charge on any atom is -0.288 e. The molecule has 3 aromatic rings. The van der Waals surface area contributed by atoms with E-state index in [0.29, 0.717) is 17.0 Å². The van der Waals surface area contributed by atoms with Gasteiger partial charge in [-0.3, -0.25) is 9.36 Å². The predicted octanol–water partition coefficient (Wildman–Crippen LogP) is 3.13. The summed E-state index contributed by atoms with van der Waals surface area (Å²) in [6.07, 6.45) is 3.92. The lowest BCUT2D eigenvalue weighted by atomic mass is 10.1. The van der Waals surface area contributed by atoms with E-state index >= 15 is 0 Å². The van der Waals surface area contributed by atoms with E-state index in [2.05, 4.69) is 21.9 Å². The number of nitrogens with zero attached hydrogens (tertiary/aromatic N) is 4. The van der Waals surface area contributed by atoms with Gasteiger partial charge in [-0.25, -0.2) is 15.0 Å². The van der Waals surface area contributed by atoms with E-state index in [4.69, 9.17) is 0 Å². The number of hydrogen-bond donors (Lipinski definition) is 0. The Labute approximate surface area is 128 Å². The summed E-state index contributed by atoms with van der Waals surface area (Å²) in [4.78, 5) is 25.7. The topological polar surface area (TPSA) is 60.7 Å². The monoisotopic (exact) mass is 294 g/mol. The standard InChI is InChI=1S/C17H18N4O/c1-4-12(3)21-16(13-7-5-11(2)6-8-13)20-15-14(17(21)22)18-9-10-19-15/h5-10,12H,4H2,1-3H3. The fourth-order valence-electron chi connectivity index (χ4n) is 2.43. The summed E-state index contributed by atoms with van der Waals surface area (Å²) >= 11 is 0. The highest BCUT2D eigenvalue weighted by Gasteiger charge is 2.17. The van der Waals surface area contributed by atoms with Gasteiger partial charge in [-0.1, -0.05) is 36.8 Å². The van der Waals surface area contributed by atoms with Crippen molar-refractivity contribution in [2.75, 3.05) is 0 Å². The maximum absolute atomic E-state index is 12.8. The van der Waals surface area contributed by atoms with E-state index in [1.54, 1.807) is 10.8 Å². The molecule has 1 unspecified atom stereocenters. The molecule has 0 spiro atoms. The second kappa shape index (κ2) is 5.67. The van der Waals surface area contributed by atoms with Gasteiger partial charge >= 0.3 is 0 Å². The van der Waals surface area contributed by atoms with Gasteiger partial charge in [-0.05, 0) is 20.3 Å². The molecule has 1 atom stereocenters. The maximum atomic E-state index is 12.8. The van der Waals surface area contributed by atoms with Crippen molar-refractivity contribution in [2.45, 2.75) is 33.2 Å². The van der Waals surface area contributed by atoms with Crippen LogP contribution in [0.15, 0.2) is 41.5 Å². The Morgan fingerprint density at radius 3 is 2.50 bits per heavy atom. The molecule has 0 saturated carbocycles. The Kier molecular flexibility index (Phi) is 3.71. The van der Waals surface area contributed by atoms with Crippen LogP contribution < -0.4 is 5.56 Å². The van der Waals surface area contributed by atoms with E-state index in [-0.39, 0.29) is 11.6 Å². The number of aromatic nitrogens is 4. The van der Waals surface area contributed by atoms with Gasteiger partial charge in [0.25, 0.3) is 5.56 Å². The molecule has 0 radical (unpaired) electrons. The van der Waals surface area contributed by atoms with Crippen molar-refractivity contribution in [3.05, 3.63) is 52.6 Å². The number of aryl methyl sites for hydroxylation is 1. The van der Waals surface area contributed by atoms with E-state index in [9.17, 15) is 4.79 Å². The molecule has 2 heterocycles. The third-order valence-electron chi connectivity index (χ3n) is 3.88. The van der Waals surface area contributed by atoms with Crippen LogP contribution in [0.2, 0.25) is 0 Å². The van der Waals surface area contributed by atoms with Crippen molar-refractivity contribution in [3.8, 4) is 11.4 Å². The zero-order valence-corrected chi connectivity index (χ0v) is 12.9. The van der Waals surface area contributed by atoms with Crippen molar-refractivity contribution >= 4 is 11.2 Å². The fraction of sp³-hybridized carbons (Fsp3) is 0.294. The smallest absolute Gasteiger partial charge is 0.282 e. The number of fused-ring (bicyclic) bond motifs is 1. The highest BCUT2D eigenvalue weighted by molar-refractivity contribution is 5.71. The van der Waals surface area contributed by atoms with E-state index < -0.39 is 0 Å². The number of benzene rings is 1. The maximum Gasteiger partial charge on any atom is 0.282 e. The third kappa shape index (κ3) is 2.39. The second-order valence-electron chi connectivity index (χ2n) is 5.46. The van der Waals surface area contributed by atoms with Gasteiger partial charge in [-0.2, -0.15) is 0 Å². The molecular formula is C17H18N4O. The van der Waals surface area contributed by atoms with E-state index in [0.717, 1.165) is 12.0 Å². The summed E-state index contributed by atoms with van der Waals surface area (Å²) in [6.45, 7) is 6.10. The quantitative estimate of drug-likeness (QED) is 0.744. The van der Waals surface area contributed by atoms with Crippen LogP contribution in [0.25, 0.3) is 22.6 Å². The molecule has 0 bridgehead atoms. The lowest BCUT2D eigenvalue weighted by Gasteiger charge is -2.18. The number of hydrogen-bond acceptors (Lipinski definition) is 4. The van der Waals surface area contributed by atoms with Crippen molar-refractivity contribution in [3.63, 3.8) is 0 Å².